The minimum atomic E-state index is 0.627. The van der Waals surface area contributed by atoms with Gasteiger partial charge < -0.3 is 13.7 Å². The quantitative estimate of drug-likeness (QED) is 0.178. The van der Waals surface area contributed by atoms with Crippen LogP contribution in [0, 0.1) is 0 Å². The number of para-hydroxylation sites is 1. The first-order valence-corrected chi connectivity index (χ1v) is 16.5. The maximum absolute atomic E-state index is 6.42. The third-order valence-corrected chi connectivity index (χ3v) is 9.46. The Bertz CT molecular complexity index is 2830. The van der Waals surface area contributed by atoms with E-state index in [2.05, 4.69) is 132 Å². The summed E-state index contributed by atoms with van der Waals surface area (Å²) in [6.07, 6.45) is 0. The van der Waals surface area contributed by atoms with Crippen molar-refractivity contribution in [2.24, 2.45) is 0 Å². The Kier molecular flexibility index (Phi) is 6.15. The number of hydrogen-bond donors (Lipinski definition) is 0. The highest BCUT2D eigenvalue weighted by Gasteiger charge is 2.18. The molecule has 230 valence electrons. The van der Waals surface area contributed by atoms with Crippen molar-refractivity contribution in [1.82, 2.24) is 4.98 Å². The van der Waals surface area contributed by atoms with E-state index in [9.17, 15) is 0 Å². The van der Waals surface area contributed by atoms with Gasteiger partial charge in [-0.05, 0) is 94.0 Å². The SMILES string of the molecule is c1ccc(-c2cccc(N(c3ccc4c(c3)oc3ccccc34)c3ccc4ccc5c(ccc6nc(-c7ccccc7)oc65)c4c3)c2)cc1. The van der Waals surface area contributed by atoms with Gasteiger partial charge in [-0.15, -0.1) is 0 Å². The molecular formula is C45H28N2O2. The maximum atomic E-state index is 6.42. The molecule has 4 heteroatoms. The van der Waals surface area contributed by atoms with E-state index in [1.165, 1.54) is 5.56 Å². The zero-order valence-electron chi connectivity index (χ0n) is 26.4. The molecule has 0 unspecified atom stereocenters. The summed E-state index contributed by atoms with van der Waals surface area (Å²) in [6.45, 7) is 0. The molecule has 0 atom stereocenters. The van der Waals surface area contributed by atoms with Crippen LogP contribution in [-0.4, -0.2) is 4.98 Å². The zero-order valence-corrected chi connectivity index (χ0v) is 26.4. The fourth-order valence-electron chi connectivity index (χ4n) is 7.11. The highest BCUT2D eigenvalue weighted by molar-refractivity contribution is 6.16. The summed E-state index contributed by atoms with van der Waals surface area (Å²) < 4.78 is 12.8. The largest absolute Gasteiger partial charge is 0.456 e. The van der Waals surface area contributed by atoms with Crippen LogP contribution in [0.5, 0.6) is 0 Å². The summed E-state index contributed by atoms with van der Waals surface area (Å²) >= 11 is 0. The topological polar surface area (TPSA) is 42.4 Å². The number of oxazole rings is 1. The number of nitrogens with zero attached hydrogens (tertiary/aromatic N) is 2. The van der Waals surface area contributed by atoms with Gasteiger partial charge in [-0.25, -0.2) is 4.98 Å². The third kappa shape index (κ3) is 4.57. The van der Waals surface area contributed by atoms with E-state index >= 15 is 0 Å². The summed E-state index contributed by atoms with van der Waals surface area (Å²) in [5.74, 6) is 0.627. The molecule has 0 aliphatic rings. The van der Waals surface area contributed by atoms with Crippen LogP contribution in [-0.2, 0) is 0 Å². The fourth-order valence-corrected chi connectivity index (χ4v) is 7.11. The van der Waals surface area contributed by atoms with Crippen LogP contribution >= 0.6 is 0 Å². The van der Waals surface area contributed by atoms with E-state index in [1.54, 1.807) is 0 Å². The molecule has 4 nitrogen and oxygen atoms in total. The van der Waals surface area contributed by atoms with Gasteiger partial charge in [0.1, 0.15) is 16.7 Å². The maximum Gasteiger partial charge on any atom is 0.227 e. The molecule has 10 rings (SSSR count). The van der Waals surface area contributed by atoms with E-state index in [1.807, 2.05) is 42.5 Å². The van der Waals surface area contributed by atoms with Crippen LogP contribution in [0.1, 0.15) is 0 Å². The van der Waals surface area contributed by atoms with E-state index in [0.29, 0.717) is 5.89 Å². The van der Waals surface area contributed by atoms with Gasteiger partial charge in [-0.3, -0.25) is 0 Å². The van der Waals surface area contributed by atoms with Gasteiger partial charge in [0.05, 0.1) is 0 Å². The van der Waals surface area contributed by atoms with Gasteiger partial charge in [-0.1, -0.05) is 97.1 Å². The minimum Gasteiger partial charge on any atom is -0.456 e. The van der Waals surface area contributed by atoms with E-state index in [-0.39, 0.29) is 0 Å². The first kappa shape index (κ1) is 27.5. The highest BCUT2D eigenvalue weighted by atomic mass is 16.3. The lowest BCUT2D eigenvalue weighted by atomic mass is 10.00. The minimum absolute atomic E-state index is 0.627. The Morgan fingerprint density at radius 3 is 1.92 bits per heavy atom. The van der Waals surface area contributed by atoms with Crippen molar-refractivity contribution < 1.29 is 8.83 Å². The Morgan fingerprint density at radius 1 is 0.388 bits per heavy atom. The number of furan rings is 1. The summed E-state index contributed by atoms with van der Waals surface area (Å²) in [7, 11) is 0. The number of aromatic nitrogens is 1. The van der Waals surface area contributed by atoms with Gasteiger partial charge in [0.25, 0.3) is 0 Å². The Hall–Kier alpha value is -6.65. The number of benzene rings is 8. The summed E-state index contributed by atoms with van der Waals surface area (Å²) in [6, 6.07) is 59.3. The highest BCUT2D eigenvalue weighted by Crippen LogP contribution is 2.42. The predicted octanol–water partition coefficient (Wildman–Crippen LogP) is 12.8. The van der Waals surface area contributed by atoms with E-state index in [0.717, 1.165) is 82.8 Å². The molecule has 0 radical (unpaired) electrons. The molecule has 2 aromatic heterocycles. The average Bonchev–Trinajstić information content (AvgIpc) is 3.78. The lowest BCUT2D eigenvalue weighted by Gasteiger charge is -2.26. The second-order valence-corrected chi connectivity index (χ2v) is 12.4. The normalized spacial score (nSPS) is 11.7. The molecule has 49 heavy (non-hydrogen) atoms. The smallest absolute Gasteiger partial charge is 0.227 e. The molecular weight excluding hydrogens is 601 g/mol. The molecule has 0 fully saturated rings. The third-order valence-electron chi connectivity index (χ3n) is 9.46. The van der Waals surface area contributed by atoms with E-state index < -0.39 is 0 Å². The molecule has 10 aromatic rings. The molecule has 0 bridgehead atoms. The van der Waals surface area contributed by atoms with Crippen molar-refractivity contribution in [3.05, 3.63) is 170 Å². The lowest BCUT2D eigenvalue weighted by molar-refractivity contribution is 0.623. The molecule has 0 aliphatic heterocycles. The average molecular weight is 629 g/mol. The fraction of sp³-hybridized carbons (Fsp3) is 0. The molecule has 0 N–H and O–H groups in total. The standard InChI is InChI=1S/C45H28N2O2/c1-3-10-29(11-4-1)32-14-9-15-33(26-32)47(35-21-23-38-37-16-7-8-17-42(37)48-43(38)28-35)34-20-18-30-19-22-39-36(40(30)27-34)24-25-41-44(39)49-45(46-41)31-12-5-2-6-13-31/h1-28H. The number of hydrogen-bond acceptors (Lipinski definition) is 4. The first-order valence-electron chi connectivity index (χ1n) is 16.5. The number of rotatable bonds is 5. The molecule has 0 amide bonds. The van der Waals surface area contributed by atoms with Crippen molar-refractivity contribution in [2.45, 2.75) is 0 Å². The van der Waals surface area contributed by atoms with Crippen molar-refractivity contribution >= 4 is 71.6 Å². The molecule has 8 aromatic carbocycles. The summed E-state index contributed by atoms with van der Waals surface area (Å²) in [5.41, 5.74) is 9.80. The zero-order chi connectivity index (χ0) is 32.3. The van der Waals surface area contributed by atoms with Gasteiger partial charge in [0, 0.05) is 44.9 Å². The molecule has 2 heterocycles. The Labute approximate surface area is 282 Å². The van der Waals surface area contributed by atoms with Gasteiger partial charge in [-0.2, -0.15) is 0 Å². The van der Waals surface area contributed by atoms with Crippen LogP contribution in [0.3, 0.4) is 0 Å². The molecule has 0 saturated heterocycles. The van der Waals surface area contributed by atoms with E-state index in [4.69, 9.17) is 13.8 Å². The molecule has 0 saturated carbocycles. The van der Waals surface area contributed by atoms with Crippen LogP contribution in [0.15, 0.2) is 179 Å². The van der Waals surface area contributed by atoms with Gasteiger partial charge in [0.15, 0.2) is 5.58 Å². The Balaban J connectivity index is 1.18. The van der Waals surface area contributed by atoms with Crippen LogP contribution in [0.4, 0.5) is 17.1 Å². The molecule has 0 spiro atoms. The first-order chi connectivity index (χ1) is 24.3. The number of anilines is 3. The monoisotopic (exact) mass is 628 g/mol. The van der Waals surface area contributed by atoms with Crippen LogP contribution < -0.4 is 4.90 Å². The number of fused-ring (bicyclic) bond motifs is 8. The van der Waals surface area contributed by atoms with Crippen LogP contribution in [0.2, 0.25) is 0 Å². The van der Waals surface area contributed by atoms with Crippen molar-refractivity contribution in [2.75, 3.05) is 4.90 Å². The van der Waals surface area contributed by atoms with Crippen molar-refractivity contribution in [1.29, 1.82) is 0 Å². The second-order valence-electron chi connectivity index (χ2n) is 12.4. The lowest BCUT2D eigenvalue weighted by Crippen LogP contribution is -2.10. The summed E-state index contributed by atoms with van der Waals surface area (Å²) in [4.78, 5) is 7.15. The Morgan fingerprint density at radius 2 is 1.04 bits per heavy atom. The second kappa shape index (κ2) is 11.0. The van der Waals surface area contributed by atoms with Crippen LogP contribution in [0.25, 0.3) is 77.2 Å². The molecule has 0 aliphatic carbocycles. The van der Waals surface area contributed by atoms with Gasteiger partial charge in [0.2, 0.25) is 5.89 Å². The predicted molar refractivity (Wildman–Crippen MR) is 202 cm³/mol. The van der Waals surface area contributed by atoms with Crippen molar-refractivity contribution in [3.8, 4) is 22.6 Å². The van der Waals surface area contributed by atoms with Crippen molar-refractivity contribution in [3.63, 3.8) is 0 Å². The summed E-state index contributed by atoms with van der Waals surface area (Å²) in [5, 5.41) is 6.68. The van der Waals surface area contributed by atoms with Gasteiger partial charge >= 0.3 is 0 Å².